The zero-order chi connectivity index (χ0) is 10.7. The molecule has 0 saturated heterocycles. The van der Waals surface area contributed by atoms with Gasteiger partial charge in [-0.25, -0.2) is 19.4 Å². The zero-order valence-corrected chi connectivity index (χ0v) is 7.75. The molecule has 0 aromatic heterocycles. The van der Waals surface area contributed by atoms with Gasteiger partial charge in [0.1, 0.15) is 5.92 Å². The maximum atomic E-state index is 8.98. The molecule has 14 heavy (non-hydrogen) atoms. The van der Waals surface area contributed by atoms with Crippen LogP contribution in [-0.2, 0) is 0 Å². The standard InChI is InChI=1S/C10H9N4/c1-6-7(4-11)9(13-2)10(14-3)8(6)5-12/h4,6-10H,1H3/q-1. The van der Waals surface area contributed by atoms with Gasteiger partial charge in [0.2, 0.25) is 0 Å². The minimum absolute atomic E-state index is 0.122. The molecule has 0 heterocycles. The van der Waals surface area contributed by atoms with Gasteiger partial charge < -0.3 is 15.1 Å². The normalized spacial score (nSPS) is 40.6. The summed E-state index contributed by atoms with van der Waals surface area (Å²) in [6, 6.07) is 0.887. The van der Waals surface area contributed by atoms with E-state index in [0.717, 1.165) is 6.21 Å². The van der Waals surface area contributed by atoms with Gasteiger partial charge in [-0.05, 0) is 5.92 Å². The molecule has 0 N–H and O–H groups in total. The van der Waals surface area contributed by atoms with Gasteiger partial charge >= 0.3 is 12.1 Å². The molecular formula is C10H9N4-. The predicted molar refractivity (Wildman–Crippen MR) is 52.0 cm³/mol. The number of hydrogen-bond donors (Lipinski definition) is 0. The summed E-state index contributed by atoms with van der Waals surface area (Å²) in [5.74, 6) is -0.917. The van der Waals surface area contributed by atoms with Crippen LogP contribution >= 0.6 is 0 Å². The van der Waals surface area contributed by atoms with Gasteiger partial charge in [-0.2, -0.15) is 5.26 Å². The average Bonchev–Trinajstić information content (AvgIpc) is 2.48. The summed E-state index contributed by atoms with van der Waals surface area (Å²) in [4.78, 5) is 6.66. The second kappa shape index (κ2) is 3.90. The summed E-state index contributed by atoms with van der Waals surface area (Å²) < 4.78 is 0. The van der Waals surface area contributed by atoms with Gasteiger partial charge in [-0.3, -0.25) is 0 Å². The Morgan fingerprint density at radius 3 is 2.29 bits per heavy atom. The van der Waals surface area contributed by atoms with Gasteiger partial charge in [0.25, 0.3) is 0 Å². The molecule has 0 bridgehead atoms. The van der Waals surface area contributed by atoms with E-state index in [0.29, 0.717) is 0 Å². The van der Waals surface area contributed by atoms with Crippen LogP contribution in [0.3, 0.4) is 0 Å². The van der Waals surface area contributed by atoms with Crippen LogP contribution in [0.4, 0.5) is 0 Å². The first kappa shape index (κ1) is 10.2. The topological polar surface area (TPSA) is 54.8 Å². The average molecular weight is 185 g/mol. The van der Waals surface area contributed by atoms with Crippen LogP contribution in [0.1, 0.15) is 6.92 Å². The first-order valence-electron chi connectivity index (χ1n) is 4.31. The van der Waals surface area contributed by atoms with Crippen molar-refractivity contribution in [1.82, 2.24) is 0 Å². The van der Waals surface area contributed by atoms with Crippen molar-refractivity contribution in [3.8, 4) is 6.07 Å². The molecule has 1 rings (SSSR count). The summed E-state index contributed by atoms with van der Waals surface area (Å²) >= 11 is 0. The van der Waals surface area contributed by atoms with Crippen LogP contribution in [-0.4, -0.2) is 18.3 Å². The molecule has 0 aliphatic heterocycles. The van der Waals surface area contributed by atoms with Gasteiger partial charge in [0, 0.05) is 5.92 Å². The summed E-state index contributed by atoms with van der Waals surface area (Å²) in [6.45, 7) is 15.7. The highest BCUT2D eigenvalue weighted by molar-refractivity contribution is 5.67. The highest BCUT2D eigenvalue weighted by atomic mass is 14.9. The lowest BCUT2D eigenvalue weighted by Gasteiger charge is -2.12. The SMILES string of the molecule is [C-]#[N+]C1C(C#N)C(C)C(C=[N-])C1[N+]#[C-]. The highest BCUT2D eigenvalue weighted by Gasteiger charge is 2.56. The smallest absolute Gasteiger partial charge is 0.313 e. The Kier molecular flexibility index (Phi) is 2.85. The Hall–Kier alpha value is -1.86. The maximum absolute atomic E-state index is 8.98. The van der Waals surface area contributed by atoms with E-state index < -0.39 is 18.0 Å². The first-order valence-corrected chi connectivity index (χ1v) is 4.31. The van der Waals surface area contributed by atoms with E-state index in [9.17, 15) is 0 Å². The van der Waals surface area contributed by atoms with E-state index in [1.807, 2.05) is 0 Å². The summed E-state index contributed by atoms with van der Waals surface area (Å²) in [5.41, 5.74) is 0. The Labute approximate surface area is 83.3 Å². The molecule has 0 aromatic rings. The molecule has 5 unspecified atom stereocenters. The zero-order valence-electron chi connectivity index (χ0n) is 7.75. The van der Waals surface area contributed by atoms with E-state index in [1.54, 1.807) is 6.92 Å². The summed E-state index contributed by atoms with van der Waals surface area (Å²) in [6.07, 6.45) is 0.961. The lowest BCUT2D eigenvalue weighted by molar-refractivity contribution is 0.464. The van der Waals surface area contributed by atoms with Crippen LogP contribution in [0.15, 0.2) is 0 Å². The van der Waals surface area contributed by atoms with Crippen molar-refractivity contribution >= 4 is 6.21 Å². The Morgan fingerprint density at radius 1 is 1.36 bits per heavy atom. The van der Waals surface area contributed by atoms with Crippen LogP contribution in [0.25, 0.3) is 15.1 Å². The van der Waals surface area contributed by atoms with Crippen molar-refractivity contribution in [2.75, 3.05) is 0 Å². The fourth-order valence-corrected chi connectivity index (χ4v) is 2.04. The molecule has 1 aliphatic carbocycles. The Bertz CT molecular complexity index is 354. The van der Waals surface area contributed by atoms with Crippen molar-refractivity contribution in [1.29, 1.82) is 5.26 Å². The van der Waals surface area contributed by atoms with Crippen LogP contribution < -0.4 is 0 Å². The van der Waals surface area contributed by atoms with Gasteiger partial charge in [-0.1, -0.05) is 6.92 Å². The monoisotopic (exact) mass is 185 g/mol. The molecular weight excluding hydrogens is 176 g/mol. The highest BCUT2D eigenvalue weighted by Crippen LogP contribution is 2.39. The molecule has 1 fully saturated rings. The van der Waals surface area contributed by atoms with Gasteiger partial charge in [-0.15, -0.1) is 0 Å². The lowest BCUT2D eigenvalue weighted by atomic mass is 9.92. The molecule has 4 nitrogen and oxygen atoms in total. The number of hydrogen-bond acceptors (Lipinski definition) is 1. The van der Waals surface area contributed by atoms with E-state index >= 15 is 0 Å². The minimum Gasteiger partial charge on any atom is -0.814 e. The molecule has 5 atom stereocenters. The van der Waals surface area contributed by atoms with Crippen molar-refractivity contribution in [2.45, 2.75) is 19.0 Å². The Morgan fingerprint density at radius 2 is 1.93 bits per heavy atom. The maximum Gasteiger partial charge on any atom is 0.313 e. The van der Waals surface area contributed by atoms with Crippen LogP contribution in [0.5, 0.6) is 0 Å². The van der Waals surface area contributed by atoms with Gasteiger partial charge in [0.15, 0.2) is 0 Å². The number of nitrogens with zero attached hydrogens (tertiary/aromatic N) is 4. The molecule has 0 amide bonds. The molecule has 0 spiro atoms. The molecule has 1 saturated carbocycles. The quantitative estimate of drug-likeness (QED) is 0.452. The second-order valence-electron chi connectivity index (χ2n) is 3.48. The molecule has 0 radical (unpaired) electrons. The lowest BCUT2D eigenvalue weighted by Crippen LogP contribution is -2.22. The van der Waals surface area contributed by atoms with Crippen molar-refractivity contribution in [3.63, 3.8) is 0 Å². The van der Waals surface area contributed by atoms with Crippen LogP contribution in [0.2, 0.25) is 0 Å². The number of nitriles is 1. The van der Waals surface area contributed by atoms with E-state index in [-0.39, 0.29) is 11.8 Å². The molecule has 70 valence electrons. The third-order valence-electron chi connectivity index (χ3n) is 2.91. The third kappa shape index (κ3) is 1.24. The first-order chi connectivity index (χ1) is 6.71. The van der Waals surface area contributed by atoms with Crippen molar-refractivity contribution < 1.29 is 0 Å². The summed E-state index contributed by atoms with van der Waals surface area (Å²) in [7, 11) is 0. The molecule has 0 aromatic carbocycles. The van der Waals surface area contributed by atoms with Gasteiger partial charge in [0.05, 0.1) is 6.07 Å². The molecule has 1 aliphatic rings. The van der Waals surface area contributed by atoms with E-state index in [2.05, 4.69) is 15.8 Å². The fourth-order valence-electron chi connectivity index (χ4n) is 2.04. The third-order valence-corrected chi connectivity index (χ3v) is 2.91. The number of rotatable bonds is 1. The fraction of sp³-hybridized carbons (Fsp3) is 0.600. The summed E-state index contributed by atoms with van der Waals surface area (Å²) in [5, 5.41) is 17.9. The molecule has 4 heteroatoms. The van der Waals surface area contributed by atoms with Crippen LogP contribution in [0, 0.1) is 42.2 Å². The largest absolute Gasteiger partial charge is 0.814 e. The second-order valence-corrected chi connectivity index (χ2v) is 3.48. The predicted octanol–water partition coefficient (Wildman–Crippen LogP) is 1.61. The van der Waals surface area contributed by atoms with Crippen molar-refractivity contribution in [3.05, 3.63) is 28.2 Å². The van der Waals surface area contributed by atoms with Crippen molar-refractivity contribution in [2.24, 2.45) is 17.8 Å². The van der Waals surface area contributed by atoms with E-state index in [1.165, 1.54) is 0 Å². The minimum atomic E-state index is -0.596. The van der Waals surface area contributed by atoms with E-state index in [4.69, 9.17) is 23.8 Å². The Balaban J connectivity index is 3.09.